The molecule has 1 fully saturated rings. The van der Waals surface area contributed by atoms with Crippen molar-refractivity contribution < 1.29 is 27.2 Å². The van der Waals surface area contributed by atoms with Gasteiger partial charge in [0.25, 0.3) is 0 Å². The lowest BCUT2D eigenvalue weighted by molar-refractivity contribution is -0.198. The Bertz CT molecular complexity index is 530. The van der Waals surface area contributed by atoms with Crippen LogP contribution in [0.3, 0.4) is 0 Å². The molecule has 1 saturated heterocycles. The average Bonchev–Trinajstić information content (AvgIpc) is 2.39. The van der Waals surface area contributed by atoms with E-state index in [1.165, 1.54) is 0 Å². The predicted octanol–water partition coefficient (Wildman–Crippen LogP) is 4.42. The van der Waals surface area contributed by atoms with Crippen LogP contribution in [0.5, 0.6) is 0 Å². The molecule has 166 valence electrons. The molecule has 0 aromatic heterocycles. The summed E-state index contributed by atoms with van der Waals surface area (Å²) in [5.74, 6) is -0.356. The Labute approximate surface area is 176 Å². The zero-order chi connectivity index (χ0) is 22.1. The lowest BCUT2D eigenvalue weighted by Gasteiger charge is -2.47. The number of ether oxygens (including phenoxy) is 1. The molecule has 0 radical (unpaired) electrons. The molecule has 4 atom stereocenters. The van der Waals surface area contributed by atoms with Gasteiger partial charge in [-0.15, -0.1) is 0 Å². The number of carbonyl (C=O) groups is 1. The SMILES string of the molecule is C[Si](C)(C)OC[C@H]1OC(=O)[C@H](O[Si](C)(C)C)[C@@H](O[Si](C)(C)C)[C@H]1O[Si](C)(C)C. The van der Waals surface area contributed by atoms with Crippen LogP contribution in [0, 0.1) is 0 Å². The molecule has 0 unspecified atom stereocenters. The van der Waals surface area contributed by atoms with E-state index in [4.69, 9.17) is 22.4 Å². The second kappa shape index (κ2) is 9.12. The Balaban J connectivity index is 3.28. The quantitative estimate of drug-likeness (QED) is 0.370. The summed E-state index contributed by atoms with van der Waals surface area (Å²) in [5.41, 5.74) is 0. The van der Waals surface area contributed by atoms with Crippen LogP contribution in [0.1, 0.15) is 0 Å². The zero-order valence-electron chi connectivity index (χ0n) is 20.0. The standard InChI is InChI=1S/C18H42O6Si4/c1-25(2,3)20-13-14-15(22-26(4,5)6)16(23-27(7,8)9)17(18(19)21-14)24-28(10,11)12/h14-17H,13H2,1-12H3/t14-,15+,16+,17-/m1/s1. The number of hydrogen-bond donors (Lipinski definition) is 0. The fraction of sp³-hybridized carbons (Fsp3) is 0.944. The van der Waals surface area contributed by atoms with Crippen molar-refractivity contribution >= 4 is 39.2 Å². The third-order valence-corrected chi connectivity index (χ3v) is 7.58. The molecule has 1 heterocycles. The van der Waals surface area contributed by atoms with Crippen LogP contribution >= 0.6 is 0 Å². The summed E-state index contributed by atoms with van der Waals surface area (Å²) in [7, 11) is -7.66. The highest BCUT2D eigenvalue weighted by Gasteiger charge is 2.52. The van der Waals surface area contributed by atoms with Gasteiger partial charge in [-0.3, -0.25) is 0 Å². The fourth-order valence-corrected chi connectivity index (χ4v) is 6.68. The van der Waals surface area contributed by atoms with Crippen molar-refractivity contribution in [1.29, 1.82) is 0 Å². The topological polar surface area (TPSA) is 63.2 Å². The normalized spacial score (nSPS) is 27.6. The monoisotopic (exact) mass is 466 g/mol. The highest BCUT2D eigenvalue weighted by atomic mass is 28.4. The first-order valence-corrected chi connectivity index (χ1v) is 23.8. The van der Waals surface area contributed by atoms with Crippen molar-refractivity contribution in [3.8, 4) is 0 Å². The Hall–Kier alpha value is 0.178. The molecule has 0 amide bonds. The number of rotatable bonds is 9. The van der Waals surface area contributed by atoms with Gasteiger partial charge < -0.3 is 22.4 Å². The van der Waals surface area contributed by atoms with Gasteiger partial charge in [-0.25, -0.2) is 4.79 Å². The summed E-state index contributed by atoms with van der Waals surface area (Å²) >= 11 is 0. The lowest BCUT2D eigenvalue weighted by atomic mass is 10.0. The zero-order valence-corrected chi connectivity index (χ0v) is 24.0. The van der Waals surface area contributed by atoms with Crippen LogP contribution in [0.2, 0.25) is 78.6 Å². The molecule has 0 aromatic rings. The average molecular weight is 467 g/mol. The van der Waals surface area contributed by atoms with Gasteiger partial charge in [0.15, 0.2) is 45.5 Å². The van der Waals surface area contributed by atoms with Crippen LogP contribution in [0.25, 0.3) is 0 Å². The van der Waals surface area contributed by atoms with Gasteiger partial charge in [-0.05, 0) is 78.6 Å². The van der Waals surface area contributed by atoms with Crippen LogP contribution in [-0.4, -0.2) is 70.3 Å². The summed E-state index contributed by atoms with van der Waals surface area (Å²) in [6.07, 6.45) is -2.08. The molecule has 1 aliphatic heterocycles. The van der Waals surface area contributed by atoms with E-state index < -0.39 is 51.6 Å². The minimum Gasteiger partial charge on any atom is -0.455 e. The van der Waals surface area contributed by atoms with Crippen molar-refractivity contribution in [2.24, 2.45) is 0 Å². The first kappa shape index (κ1) is 26.2. The molecule has 10 heteroatoms. The fourth-order valence-electron chi connectivity index (χ4n) is 2.85. The van der Waals surface area contributed by atoms with Crippen LogP contribution < -0.4 is 0 Å². The molecule has 28 heavy (non-hydrogen) atoms. The summed E-state index contributed by atoms with van der Waals surface area (Å²) < 4.78 is 31.2. The summed E-state index contributed by atoms with van der Waals surface area (Å²) in [4.78, 5) is 12.9. The second-order valence-corrected chi connectivity index (χ2v) is 29.3. The number of esters is 1. The molecule has 0 N–H and O–H groups in total. The summed E-state index contributed by atoms with van der Waals surface area (Å²) in [6, 6.07) is 0. The first-order chi connectivity index (χ1) is 12.3. The molecular weight excluding hydrogens is 425 g/mol. The highest BCUT2D eigenvalue weighted by Crippen LogP contribution is 2.31. The van der Waals surface area contributed by atoms with Crippen molar-refractivity contribution in [2.75, 3.05) is 6.61 Å². The third-order valence-electron chi connectivity index (χ3n) is 3.63. The third kappa shape index (κ3) is 9.79. The van der Waals surface area contributed by atoms with E-state index >= 15 is 0 Å². The highest BCUT2D eigenvalue weighted by molar-refractivity contribution is 6.71. The molecular formula is C18H42O6Si4. The molecule has 0 bridgehead atoms. The Morgan fingerprint density at radius 2 is 1.11 bits per heavy atom. The van der Waals surface area contributed by atoms with Crippen molar-refractivity contribution in [3.05, 3.63) is 0 Å². The maximum Gasteiger partial charge on any atom is 0.337 e. The minimum absolute atomic E-state index is 0.335. The van der Waals surface area contributed by atoms with Crippen LogP contribution in [-0.2, 0) is 27.2 Å². The van der Waals surface area contributed by atoms with Gasteiger partial charge in [0.05, 0.1) is 6.61 Å². The van der Waals surface area contributed by atoms with Gasteiger partial charge >= 0.3 is 5.97 Å². The number of cyclic esters (lactones) is 1. The van der Waals surface area contributed by atoms with E-state index in [2.05, 4.69) is 78.6 Å². The van der Waals surface area contributed by atoms with Crippen LogP contribution in [0.4, 0.5) is 0 Å². The molecule has 0 aromatic carbocycles. The van der Waals surface area contributed by atoms with Crippen molar-refractivity contribution in [1.82, 2.24) is 0 Å². The molecule has 6 nitrogen and oxygen atoms in total. The summed E-state index contributed by atoms with van der Waals surface area (Å²) in [6.45, 7) is 25.7. The molecule has 0 saturated carbocycles. The molecule has 0 aliphatic carbocycles. The van der Waals surface area contributed by atoms with E-state index in [1.807, 2.05) is 0 Å². The molecule has 1 rings (SSSR count). The molecule has 1 aliphatic rings. The number of hydrogen-bond acceptors (Lipinski definition) is 6. The Kier molecular flexibility index (Phi) is 8.54. The second-order valence-electron chi connectivity index (χ2n) is 11.4. The van der Waals surface area contributed by atoms with Crippen LogP contribution in [0.15, 0.2) is 0 Å². The van der Waals surface area contributed by atoms with Gasteiger partial charge in [0, 0.05) is 0 Å². The predicted molar refractivity (Wildman–Crippen MR) is 124 cm³/mol. The Morgan fingerprint density at radius 3 is 1.50 bits per heavy atom. The van der Waals surface area contributed by atoms with E-state index in [0.29, 0.717) is 6.61 Å². The van der Waals surface area contributed by atoms with Gasteiger partial charge in [-0.2, -0.15) is 0 Å². The van der Waals surface area contributed by atoms with Crippen molar-refractivity contribution in [3.63, 3.8) is 0 Å². The summed E-state index contributed by atoms with van der Waals surface area (Å²) in [5, 5.41) is 0. The van der Waals surface area contributed by atoms with E-state index in [-0.39, 0.29) is 12.1 Å². The first-order valence-electron chi connectivity index (χ1n) is 10.2. The largest absolute Gasteiger partial charge is 0.455 e. The van der Waals surface area contributed by atoms with Gasteiger partial charge in [-0.1, -0.05) is 0 Å². The Morgan fingerprint density at radius 1 is 0.679 bits per heavy atom. The van der Waals surface area contributed by atoms with Gasteiger partial charge in [0.1, 0.15) is 12.2 Å². The maximum atomic E-state index is 12.9. The van der Waals surface area contributed by atoms with E-state index in [1.54, 1.807) is 0 Å². The molecule has 0 spiro atoms. The smallest absolute Gasteiger partial charge is 0.337 e. The van der Waals surface area contributed by atoms with E-state index in [9.17, 15) is 4.79 Å². The number of carbonyl (C=O) groups excluding carboxylic acids is 1. The van der Waals surface area contributed by atoms with Gasteiger partial charge in [0.2, 0.25) is 0 Å². The maximum absolute atomic E-state index is 12.9. The minimum atomic E-state index is -2.00. The lowest BCUT2D eigenvalue weighted by Crippen LogP contribution is -2.64. The van der Waals surface area contributed by atoms with Crippen molar-refractivity contribution in [2.45, 2.75) is 103 Å². The van der Waals surface area contributed by atoms with E-state index in [0.717, 1.165) is 0 Å².